The first-order chi connectivity index (χ1) is 8.18. The minimum atomic E-state index is -4.51. The first-order valence-electron chi connectivity index (χ1n) is 5.96. The number of nitrogens with two attached hydrogens (primary N) is 1. The number of hydrogen-bond donors (Lipinski definition) is 3. The highest BCUT2D eigenvalue weighted by atomic mass is 19.4. The van der Waals surface area contributed by atoms with Crippen molar-refractivity contribution in [3.63, 3.8) is 0 Å². The van der Waals surface area contributed by atoms with Crippen LogP contribution in [-0.4, -0.2) is 29.8 Å². The lowest BCUT2D eigenvalue weighted by atomic mass is 10.0. The van der Waals surface area contributed by atoms with Crippen molar-refractivity contribution in [2.75, 3.05) is 6.54 Å². The van der Waals surface area contributed by atoms with Gasteiger partial charge in [-0.05, 0) is 25.7 Å². The molecule has 0 aliphatic rings. The van der Waals surface area contributed by atoms with Crippen LogP contribution in [0.3, 0.4) is 0 Å². The van der Waals surface area contributed by atoms with Crippen LogP contribution >= 0.6 is 0 Å². The highest BCUT2D eigenvalue weighted by Crippen LogP contribution is 2.26. The van der Waals surface area contributed by atoms with Crippen LogP contribution in [0.1, 0.15) is 33.6 Å². The van der Waals surface area contributed by atoms with Gasteiger partial charge in [0.05, 0.1) is 0 Å². The van der Waals surface area contributed by atoms with Gasteiger partial charge in [-0.15, -0.1) is 0 Å². The third-order valence-corrected chi connectivity index (χ3v) is 2.72. The van der Waals surface area contributed by atoms with Gasteiger partial charge in [0.15, 0.2) is 5.84 Å². The monoisotopic (exact) mass is 269 g/mol. The average Bonchev–Trinajstić information content (AvgIpc) is 2.24. The standard InChI is InChI=1S/C11H22F3N3O/c1-7(2)4-5-8(3)16-6-9(10(15)17-18)11(12,13)14/h7-9,16,18H,4-6H2,1-3H3,(H2,15,17). The fraction of sp³-hybridized carbons (Fsp3) is 0.909. The number of hydrogen-bond acceptors (Lipinski definition) is 3. The summed E-state index contributed by atoms with van der Waals surface area (Å²) < 4.78 is 37.8. The molecule has 0 rings (SSSR count). The molecule has 0 saturated carbocycles. The van der Waals surface area contributed by atoms with Crippen molar-refractivity contribution in [1.82, 2.24) is 5.32 Å². The second kappa shape index (κ2) is 7.45. The maximum Gasteiger partial charge on any atom is 0.400 e. The highest BCUT2D eigenvalue weighted by Gasteiger charge is 2.42. The summed E-state index contributed by atoms with van der Waals surface area (Å²) in [4.78, 5) is 0. The van der Waals surface area contributed by atoms with E-state index in [9.17, 15) is 13.2 Å². The van der Waals surface area contributed by atoms with Crippen molar-refractivity contribution >= 4 is 5.84 Å². The van der Waals surface area contributed by atoms with E-state index >= 15 is 0 Å². The Labute approximate surface area is 105 Å². The van der Waals surface area contributed by atoms with Crippen LogP contribution in [0, 0.1) is 11.8 Å². The normalized spacial score (nSPS) is 16.9. The number of oxime groups is 1. The molecule has 4 nitrogen and oxygen atoms in total. The largest absolute Gasteiger partial charge is 0.409 e. The molecule has 0 aromatic heterocycles. The lowest BCUT2D eigenvalue weighted by Gasteiger charge is -2.22. The van der Waals surface area contributed by atoms with Gasteiger partial charge >= 0.3 is 6.18 Å². The molecule has 0 saturated heterocycles. The Morgan fingerprint density at radius 2 is 1.83 bits per heavy atom. The summed E-state index contributed by atoms with van der Waals surface area (Å²) in [5.74, 6) is -2.26. The quantitative estimate of drug-likeness (QED) is 0.287. The predicted octanol–water partition coefficient (Wildman–Crippen LogP) is 2.33. The number of alkyl halides is 3. The predicted molar refractivity (Wildman–Crippen MR) is 64.5 cm³/mol. The second-order valence-electron chi connectivity index (χ2n) is 4.90. The summed E-state index contributed by atoms with van der Waals surface area (Å²) in [7, 11) is 0. The molecular weight excluding hydrogens is 247 g/mol. The maximum absolute atomic E-state index is 12.6. The smallest absolute Gasteiger partial charge is 0.400 e. The van der Waals surface area contributed by atoms with Crippen molar-refractivity contribution in [1.29, 1.82) is 0 Å². The van der Waals surface area contributed by atoms with E-state index in [-0.39, 0.29) is 12.6 Å². The summed E-state index contributed by atoms with van der Waals surface area (Å²) in [6, 6.07) is -0.0382. The van der Waals surface area contributed by atoms with Crippen LogP contribution in [-0.2, 0) is 0 Å². The zero-order valence-corrected chi connectivity index (χ0v) is 11.0. The molecule has 0 radical (unpaired) electrons. The Hall–Kier alpha value is -0.980. The Morgan fingerprint density at radius 3 is 2.22 bits per heavy atom. The highest BCUT2D eigenvalue weighted by molar-refractivity contribution is 5.83. The molecule has 7 heteroatoms. The molecule has 0 heterocycles. The maximum atomic E-state index is 12.6. The van der Waals surface area contributed by atoms with Gasteiger partial charge in [-0.25, -0.2) is 0 Å². The van der Waals surface area contributed by atoms with Gasteiger partial charge in [0.25, 0.3) is 0 Å². The van der Waals surface area contributed by atoms with E-state index in [0.29, 0.717) is 5.92 Å². The fourth-order valence-corrected chi connectivity index (χ4v) is 1.46. The number of halogens is 3. The topological polar surface area (TPSA) is 70.6 Å². The van der Waals surface area contributed by atoms with Crippen LogP contribution in [0.5, 0.6) is 0 Å². The van der Waals surface area contributed by atoms with Crippen molar-refractivity contribution in [2.45, 2.75) is 45.8 Å². The lowest BCUT2D eigenvalue weighted by molar-refractivity contribution is -0.155. The van der Waals surface area contributed by atoms with E-state index in [1.807, 2.05) is 6.92 Å². The van der Waals surface area contributed by atoms with Gasteiger partial charge in [-0.1, -0.05) is 19.0 Å². The van der Waals surface area contributed by atoms with Crippen LogP contribution in [0.2, 0.25) is 0 Å². The molecule has 0 amide bonds. The molecule has 0 aliphatic heterocycles. The molecule has 108 valence electrons. The first kappa shape index (κ1) is 17.0. The van der Waals surface area contributed by atoms with Crippen molar-refractivity contribution in [3.8, 4) is 0 Å². The van der Waals surface area contributed by atoms with Crippen molar-refractivity contribution < 1.29 is 18.4 Å². The van der Waals surface area contributed by atoms with Gasteiger partial charge < -0.3 is 16.3 Å². The molecule has 0 spiro atoms. The number of nitrogens with one attached hydrogen (secondary N) is 1. The third-order valence-electron chi connectivity index (χ3n) is 2.72. The third kappa shape index (κ3) is 6.68. The fourth-order valence-electron chi connectivity index (χ4n) is 1.46. The second-order valence-corrected chi connectivity index (χ2v) is 4.90. The summed E-state index contributed by atoms with van der Waals surface area (Å²) >= 11 is 0. The molecule has 2 atom stereocenters. The Bertz CT molecular complexity index is 267. The molecular formula is C11H22F3N3O. The van der Waals surface area contributed by atoms with E-state index in [2.05, 4.69) is 24.3 Å². The van der Waals surface area contributed by atoms with E-state index in [1.54, 1.807) is 0 Å². The van der Waals surface area contributed by atoms with Gasteiger partial charge in [0.2, 0.25) is 0 Å². The molecule has 0 bridgehead atoms. The van der Waals surface area contributed by atoms with E-state index in [4.69, 9.17) is 10.9 Å². The molecule has 0 fully saturated rings. The van der Waals surface area contributed by atoms with Crippen molar-refractivity contribution in [2.24, 2.45) is 22.7 Å². The summed E-state index contributed by atoms with van der Waals surface area (Å²) in [5, 5.41) is 13.6. The van der Waals surface area contributed by atoms with Crippen LogP contribution in [0.15, 0.2) is 5.16 Å². The van der Waals surface area contributed by atoms with Gasteiger partial charge in [0.1, 0.15) is 5.92 Å². The number of rotatable bonds is 7. The summed E-state index contributed by atoms with van der Waals surface area (Å²) in [5.41, 5.74) is 5.05. The molecule has 0 aromatic rings. The summed E-state index contributed by atoms with van der Waals surface area (Å²) in [6.45, 7) is 5.56. The first-order valence-corrected chi connectivity index (χ1v) is 5.96. The van der Waals surface area contributed by atoms with Gasteiger partial charge in [0, 0.05) is 12.6 Å². The zero-order valence-electron chi connectivity index (χ0n) is 11.0. The van der Waals surface area contributed by atoms with Crippen LogP contribution < -0.4 is 11.1 Å². The molecule has 0 aromatic carbocycles. The summed E-state index contributed by atoms with van der Waals surface area (Å²) in [6.07, 6.45) is -2.78. The molecule has 2 unspecified atom stereocenters. The van der Waals surface area contributed by atoms with E-state index in [0.717, 1.165) is 12.8 Å². The van der Waals surface area contributed by atoms with Crippen LogP contribution in [0.4, 0.5) is 13.2 Å². The average molecular weight is 269 g/mol. The van der Waals surface area contributed by atoms with Gasteiger partial charge in [-0.3, -0.25) is 0 Å². The molecule has 4 N–H and O–H groups in total. The molecule has 0 aliphatic carbocycles. The Balaban J connectivity index is 4.28. The zero-order chi connectivity index (χ0) is 14.3. The Kier molecular flexibility index (Phi) is 7.05. The lowest BCUT2D eigenvalue weighted by Crippen LogP contribution is -2.44. The Morgan fingerprint density at radius 1 is 1.28 bits per heavy atom. The van der Waals surface area contributed by atoms with Crippen LogP contribution in [0.25, 0.3) is 0 Å². The van der Waals surface area contributed by atoms with E-state index in [1.165, 1.54) is 0 Å². The van der Waals surface area contributed by atoms with Gasteiger partial charge in [-0.2, -0.15) is 13.2 Å². The van der Waals surface area contributed by atoms with E-state index < -0.39 is 17.9 Å². The van der Waals surface area contributed by atoms with Crippen molar-refractivity contribution in [3.05, 3.63) is 0 Å². The minimum Gasteiger partial charge on any atom is -0.409 e. The SMILES string of the molecule is CC(C)CCC(C)NCC(C(N)=NO)C(F)(F)F. The molecule has 18 heavy (non-hydrogen) atoms. The minimum absolute atomic E-state index is 0.0382. The number of nitrogens with zero attached hydrogens (tertiary/aromatic N) is 1. The number of amidine groups is 1.